The van der Waals surface area contributed by atoms with E-state index in [9.17, 15) is 0 Å². The van der Waals surface area contributed by atoms with Crippen molar-refractivity contribution in [3.63, 3.8) is 0 Å². The van der Waals surface area contributed by atoms with Gasteiger partial charge >= 0.3 is 0 Å². The first-order valence-corrected chi connectivity index (χ1v) is 5.81. The van der Waals surface area contributed by atoms with Gasteiger partial charge in [-0.1, -0.05) is 28.1 Å². The molecule has 82 valence electrons. The summed E-state index contributed by atoms with van der Waals surface area (Å²) in [4.78, 5) is 8.02. The second kappa shape index (κ2) is 5.18. The molecule has 0 saturated heterocycles. The lowest BCUT2D eigenvalue weighted by Crippen LogP contribution is -2.14. The van der Waals surface area contributed by atoms with Gasteiger partial charge in [0.15, 0.2) is 0 Å². The molecule has 2 N–H and O–H groups in total. The number of benzene rings is 1. The molecule has 1 heterocycles. The Balaban J connectivity index is 2.08. The van der Waals surface area contributed by atoms with Crippen molar-refractivity contribution >= 4 is 15.9 Å². The molecule has 0 aliphatic carbocycles. The molecular weight excluding hydrogens is 266 g/mol. The van der Waals surface area contributed by atoms with E-state index in [1.165, 1.54) is 11.9 Å². The summed E-state index contributed by atoms with van der Waals surface area (Å²) in [5, 5.41) is 0. The van der Waals surface area contributed by atoms with Crippen LogP contribution in [0.5, 0.6) is 0 Å². The summed E-state index contributed by atoms with van der Waals surface area (Å²) >= 11 is 3.40. The first kappa shape index (κ1) is 11.2. The van der Waals surface area contributed by atoms with Crippen LogP contribution in [0.25, 0.3) is 0 Å². The van der Waals surface area contributed by atoms with E-state index in [2.05, 4.69) is 38.0 Å². The smallest absolute Gasteiger partial charge is 0.115 e. The van der Waals surface area contributed by atoms with E-state index in [-0.39, 0.29) is 6.04 Å². The quantitative estimate of drug-likeness (QED) is 0.938. The van der Waals surface area contributed by atoms with Gasteiger partial charge in [-0.15, -0.1) is 0 Å². The van der Waals surface area contributed by atoms with Gasteiger partial charge in [0.2, 0.25) is 0 Å². The molecule has 3 nitrogen and oxygen atoms in total. The minimum absolute atomic E-state index is 0.0795. The molecule has 0 radical (unpaired) electrons. The Morgan fingerprint density at radius 2 is 1.94 bits per heavy atom. The zero-order valence-electron chi connectivity index (χ0n) is 8.68. The van der Waals surface area contributed by atoms with Crippen molar-refractivity contribution < 1.29 is 0 Å². The largest absolute Gasteiger partial charge is 0.322 e. The maximum atomic E-state index is 6.06. The van der Waals surface area contributed by atoms with Crippen molar-refractivity contribution in [2.45, 2.75) is 12.5 Å². The Bertz CT molecular complexity index is 442. The van der Waals surface area contributed by atoms with Crippen molar-refractivity contribution in [2.75, 3.05) is 0 Å². The van der Waals surface area contributed by atoms with E-state index in [4.69, 9.17) is 5.73 Å². The van der Waals surface area contributed by atoms with Crippen LogP contribution < -0.4 is 5.73 Å². The second-order valence-electron chi connectivity index (χ2n) is 3.57. The minimum atomic E-state index is -0.0795. The van der Waals surface area contributed by atoms with E-state index in [0.29, 0.717) is 0 Å². The van der Waals surface area contributed by atoms with Crippen LogP contribution in [0.3, 0.4) is 0 Å². The number of hydrogen-bond donors (Lipinski definition) is 1. The average molecular weight is 278 g/mol. The summed E-state index contributed by atoms with van der Waals surface area (Å²) in [7, 11) is 0. The van der Waals surface area contributed by atoms with E-state index in [1.807, 2.05) is 18.2 Å². The van der Waals surface area contributed by atoms with Gasteiger partial charge in [-0.05, 0) is 30.2 Å². The zero-order chi connectivity index (χ0) is 11.4. The summed E-state index contributed by atoms with van der Waals surface area (Å²) in [5.41, 5.74) is 8.14. The molecule has 0 aliphatic heterocycles. The highest BCUT2D eigenvalue weighted by atomic mass is 79.9. The number of nitrogens with zero attached hydrogens (tertiary/aromatic N) is 2. The maximum Gasteiger partial charge on any atom is 0.115 e. The average Bonchev–Trinajstić information content (AvgIpc) is 2.33. The molecule has 16 heavy (non-hydrogen) atoms. The number of halogens is 1. The number of aromatic nitrogens is 2. The summed E-state index contributed by atoms with van der Waals surface area (Å²) < 4.78 is 1.08. The van der Waals surface area contributed by atoms with Gasteiger partial charge in [-0.25, -0.2) is 9.97 Å². The Morgan fingerprint density at radius 1 is 1.19 bits per heavy atom. The maximum absolute atomic E-state index is 6.06. The standard InChI is InChI=1S/C12H12BrN3/c13-10-3-1-9(2-4-10)7-11(14)12-5-6-15-8-16-12/h1-6,8,11H,7,14H2. The fraction of sp³-hybridized carbons (Fsp3) is 0.167. The molecular formula is C12H12BrN3. The van der Waals surface area contributed by atoms with Crippen LogP contribution in [0.1, 0.15) is 17.3 Å². The van der Waals surface area contributed by atoms with E-state index < -0.39 is 0 Å². The predicted octanol–water partition coefficient (Wildman–Crippen LogP) is 2.48. The van der Waals surface area contributed by atoms with E-state index >= 15 is 0 Å². The fourth-order valence-electron chi connectivity index (χ4n) is 1.50. The SMILES string of the molecule is NC(Cc1ccc(Br)cc1)c1ccncn1. The lowest BCUT2D eigenvalue weighted by Gasteiger charge is -2.10. The van der Waals surface area contributed by atoms with Gasteiger partial charge in [0, 0.05) is 10.7 Å². The molecule has 0 bridgehead atoms. The summed E-state index contributed by atoms with van der Waals surface area (Å²) in [6.07, 6.45) is 4.02. The van der Waals surface area contributed by atoms with Crippen molar-refractivity contribution in [1.29, 1.82) is 0 Å². The van der Waals surface area contributed by atoms with Gasteiger partial charge in [0.1, 0.15) is 6.33 Å². The lowest BCUT2D eigenvalue weighted by atomic mass is 10.0. The molecule has 1 atom stereocenters. The van der Waals surface area contributed by atoms with Crippen LogP contribution in [0.15, 0.2) is 47.3 Å². The van der Waals surface area contributed by atoms with Crippen molar-refractivity contribution in [3.8, 4) is 0 Å². The highest BCUT2D eigenvalue weighted by Crippen LogP contribution is 2.16. The third-order valence-corrected chi connectivity index (χ3v) is 2.88. The first-order valence-electron chi connectivity index (χ1n) is 5.01. The van der Waals surface area contributed by atoms with Crippen molar-refractivity contribution in [3.05, 3.63) is 58.6 Å². The molecule has 0 aliphatic rings. The van der Waals surface area contributed by atoms with Crippen LogP contribution in [-0.4, -0.2) is 9.97 Å². The molecule has 1 aromatic carbocycles. The van der Waals surface area contributed by atoms with Gasteiger partial charge in [0.05, 0.1) is 11.7 Å². The highest BCUT2D eigenvalue weighted by Gasteiger charge is 2.07. The number of hydrogen-bond acceptors (Lipinski definition) is 3. The lowest BCUT2D eigenvalue weighted by molar-refractivity contribution is 0.693. The molecule has 0 spiro atoms. The van der Waals surface area contributed by atoms with Gasteiger partial charge in [0.25, 0.3) is 0 Å². The first-order chi connectivity index (χ1) is 7.75. The van der Waals surface area contributed by atoms with Gasteiger partial charge in [-0.2, -0.15) is 0 Å². The molecule has 2 rings (SSSR count). The van der Waals surface area contributed by atoms with Gasteiger partial charge < -0.3 is 5.73 Å². The minimum Gasteiger partial charge on any atom is -0.322 e. The molecule has 0 saturated carbocycles. The third-order valence-electron chi connectivity index (χ3n) is 2.35. The Morgan fingerprint density at radius 3 is 2.56 bits per heavy atom. The number of nitrogens with two attached hydrogens (primary N) is 1. The Kier molecular flexibility index (Phi) is 3.64. The predicted molar refractivity (Wildman–Crippen MR) is 66.8 cm³/mol. The van der Waals surface area contributed by atoms with Crippen molar-refractivity contribution in [2.24, 2.45) is 5.73 Å². The van der Waals surface area contributed by atoms with E-state index in [1.54, 1.807) is 6.20 Å². The normalized spacial score (nSPS) is 12.4. The monoisotopic (exact) mass is 277 g/mol. The molecule has 0 fully saturated rings. The molecule has 0 amide bonds. The number of rotatable bonds is 3. The van der Waals surface area contributed by atoms with Gasteiger partial charge in [-0.3, -0.25) is 0 Å². The second-order valence-corrected chi connectivity index (χ2v) is 4.49. The van der Waals surface area contributed by atoms with Crippen molar-refractivity contribution in [1.82, 2.24) is 9.97 Å². The van der Waals surface area contributed by atoms with Crippen LogP contribution in [0, 0.1) is 0 Å². The zero-order valence-corrected chi connectivity index (χ0v) is 10.3. The van der Waals surface area contributed by atoms with E-state index in [0.717, 1.165) is 16.6 Å². The third kappa shape index (κ3) is 2.87. The van der Waals surface area contributed by atoms with Crippen LogP contribution in [0.4, 0.5) is 0 Å². The van der Waals surface area contributed by atoms with Crippen LogP contribution in [-0.2, 0) is 6.42 Å². The molecule has 2 aromatic rings. The Labute approximate surface area is 103 Å². The summed E-state index contributed by atoms with van der Waals surface area (Å²) in [6, 6.07) is 9.92. The summed E-state index contributed by atoms with van der Waals surface area (Å²) in [6.45, 7) is 0. The van der Waals surface area contributed by atoms with Crippen LogP contribution >= 0.6 is 15.9 Å². The topological polar surface area (TPSA) is 51.8 Å². The highest BCUT2D eigenvalue weighted by molar-refractivity contribution is 9.10. The fourth-order valence-corrected chi connectivity index (χ4v) is 1.76. The summed E-state index contributed by atoms with van der Waals surface area (Å²) in [5.74, 6) is 0. The van der Waals surface area contributed by atoms with Crippen LogP contribution in [0.2, 0.25) is 0 Å². The Hall–Kier alpha value is -1.26. The molecule has 4 heteroatoms. The molecule has 1 unspecified atom stereocenters. The molecule has 1 aromatic heterocycles.